The minimum Gasteiger partial charge on any atom is -0.360 e. The third-order valence-corrected chi connectivity index (χ3v) is 4.09. The number of aryl methyl sites for hydroxylation is 1. The molecule has 1 aromatic carbocycles. The fourth-order valence-electron chi connectivity index (χ4n) is 1.59. The minimum absolute atomic E-state index is 0.0378. The summed E-state index contributed by atoms with van der Waals surface area (Å²) in [4.78, 5) is 0. The first-order valence-corrected chi connectivity index (χ1v) is 7.52. The number of halogens is 1. The Hall–Kier alpha value is -1.33. The van der Waals surface area contributed by atoms with Crippen molar-refractivity contribution in [2.24, 2.45) is 0 Å². The average Bonchev–Trinajstić information content (AvgIpc) is 2.66. The smallest absolute Gasteiger partial charge is 0.161 e. The summed E-state index contributed by atoms with van der Waals surface area (Å²) >= 11 is 5.74. The van der Waals surface area contributed by atoms with E-state index < -0.39 is 9.84 Å². The van der Waals surface area contributed by atoms with Gasteiger partial charge in [0.25, 0.3) is 0 Å². The normalized spacial score (nSPS) is 11.7. The van der Waals surface area contributed by atoms with Crippen LogP contribution in [0.5, 0.6) is 0 Å². The summed E-state index contributed by atoms with van der Waals surface area (Å²) in [7, 11) is -3.26. The van der Waals surface area contributed by atoms with Crippen LogP contribution in [0.4, 0.5) is 0 Å². The van der Waals surface area contributed by atoms with Crippen molar-refractivity contribution in [3.63, 3.8) is 0 Å². The summed E-state index contributed by atoms with van der Waals surface area (Å²) in [6.45, 7) is 1.75. The number of hydrogen-bond donors (Lipinski definition) is 0. The van der Waals surface area contributed by atoms with Gasteiger partial charge in [-0.25, -0.2) is 8.42 Å². The van der Waals surface area contributed by atoms with E-state index in [4.69, 9.17) is 16.1 Å². The lowest BCUT2D eigenvalue weighted by Crippen LogP contribution is -2.07. The predicted molar refractivity (Wildman–Crippen MR) is 69.0 cm³/mol. The number of benzene rings is 1. The van der Waals surface area contributed by atoms with Gasteiger partial charge in [0, 0.05) is 11.1 Å². The fraction of sp³-hybridized carbons (Fsp3) is 0.250. The number of aromatic nitrogens is 1. The van der Waals surface area contributed by atoms with Gasteiger partial charge in [0.05, 0.1) is 11.4 Å². The van der Waals surface area contributed by atoms with Gasteiger partial charge in [0.2, 0.25) is 0 Å². The maximum Gasteiger partial charge on any atom is 0.161 e. The molecule has 0 spiro atoms. The Labute approximate surface area is 110 Å². The van der Waals surface area contributed by atoms with Crippen LogP contribution in [-0.2, 0) is 21.3 Å². The largest absolute Gasteiger partial charge is 0.360 e. The van der Waals surface area contributed by atoms with Crippen LogP contribution in [0.15, 0.2) is 34.9 Å². The van der Waals surface area contributed by atoms with E-state index in [1.165, 1.54) is 0 Å². The standard InChI is InChI=1S/C12H12ClNO3S/c1-9-6-12(17-14-9)8-18(15,16)7-10-2-4-11(13)5-3-10/h2-6H,7-8H2,1H3. The van der Waals surface area contributed by atoms with Crippen LogP contribution in [0.25, 0.3) is 0 Å². The molecule has 0 aliphatic rings. The number of sulfone groups is 1. The third kappa shape index (κ3) is 3.58. The second kappa shape index (κ2) is 5.12. The highest BCUT2D eigenvalue weighted by Gasteiger charge is 2.16. The number of rotatable bonds is 4. The maximum atomic E-state index is 11.9. The van der Waals surface area contributed by atoms with Gasteiger partial charge in [0.1, 0.15) is 5.75 Å². The first-order chi connectivity index (χ1) is 8.44. The summed E-state index contributed by atoms with van der Waals surface area (Å²) in [6.07, 6.45) is 0. The van der Waals surface area contributed by atoms with Gasteiger partial charge in [-0.2, -0.15) is 0 Å². The van der Waals surface area contributed by atoms with E-state index in [1.807, 2.05) is 0 Å². The van der Waals surface area contributed by atoms with E-state index in [-0.39, 0.29) is 11.5 Å². The molecule has 0 fully saturated rings. The highest BCUT2D eigenvalue weighted by Crippen LogP contribution is 2.15. The van der Waals surface area contributed by atoms with Crippen molar-refractivity contribution in [2.45, 2.75) is 18.4 Å². The highest BCUT2D eigenvalue weighted by molar-refractivity contribution is 7.89. The van der Waals surface area contributed by atoms with Crippen molar-refractivity contribution in [2.75, 3.05) is 0 Å². The van der Waals surface area contributed by atoms with Gasteiger partial charge in [-0.1, -0.05) is 28.9 Å². The lowest BCUT2D eigenvalue weighted by molar-refractivity contribution is 0.388. The van der Waals surface area contributed by atoms with Gasteiger partial charge >= 0.3 is 0 Å². The van der Waals surface area contributed by atoms with Crippen molar-refractivity contribution in [3.05, 3.63) is 52.4 Å². The van der Waals surface area contributed by atoms with Crippen molar-refractivity contribution in [1.29, 1.82) is 0 Å². The van der Waals surface area contributed by atoms with Crippen molar-refractivity contribution < 1.29 is 12.9 Å². The van der Waals surface area contributed by atoms with Gasteiger partial charge in [-0.3, -0.25) is 0 Å². The number of nitrogens with zero attached hydrogens (tertiary/aromatic N) is 1. The zero-order valence-electron chi connectivity index (χ0n) is 9.76. The zero-order chi connectivity index (χ0) is 13.2. The van der Waals surface area contributed by atoms with Crippen molar-refractivity contribution >= 4 is 21.4 Å². The van der Waals surface area contributed by atoms with Crippen LogP contribution in [0.1, 0.15) is 17.0 Å². The molecule has 18 heavy (non-hydrogen) atoms. The molecule has 0 aliphatic heterocycles. The molecular formula is C12H12ClNO3S. The second-order valence-electron chi connectivity index (χ2n) is 4.09. The molecule has 0 N–H and O–H groups in total. The Bertz CT molecular complexity index is 632. The Kier molecular flexibility index (Phi) is 3.73. The minimum atomic E-state index is -3.26. The average molecular weight is 286 g/mol. The first kappa shape index (κ1) is 13.1. The van der Waals surface area contributed by atoms with E-state index in [2.05, 4.69) is 5.16 Å². The van der Waals surface area contributed by atoms with E-state index in [1.54, 1.807) is 37.3 Å². The van der Waals surface area contributed by atoms with Crippen LogP contribution < -0.4 is 0 Å². The van der Waals surface area contributed by atoms with Gasteiger partial charge in [-0.15, -0.1) is 0 Å². The molecule has 0 unspecified atom stereocenters. The Morgan fingerprint density at radius 3 is 2.44 bits per heavy atom. The molecular weight excluding hydrogens is 274 g/mol. The molecule has 1 heterocycles. The molecule has 1 aromatic heterocycles. The molecule has 0 saturated heterocycles. The lowest BCUT2D eigenvalue weighted by atomic mass is 10.2. The van der Waals surface area contributed by atoms with Crippen molar-refractivity contribution in [1.82, 2.24) is 5.16 Å². The highest BCUT2D eigenvalue weighted by atomic mass is 35.5. The van der Waals surface area contributed by atoms with Crippen LogP contribution in [0, 0.1) is 6.92 Å². The van der Waals surface area contributed by atoms with E-state index >= 15 is 0 Å². The maximum absolute atomic E-state index is 11.9. The quantitative estimate of drug-likeness (QED) is 0.866. The molecule has 4 nitrogen and oxygen atoms in total. The Morgan fingerprint density at radius 1 is 1.22 bits per heavy atom. The topological polar surface area (TPSA) is 60.2 Å². The van der Waals surface area contributed by atoms with Crippen LogP contribution in [0.3, 0.4) is 0 Å². The van der Waals surface area contributed by atoms with E-state index in [0.717, 1.165) is 0 Å². The molecule has 0 radical (unpaired) electrons. The van der Waals surface area contributed by atoms with E-state index in [9.17, 15) is 8.42 Å². The lowest BCUT2D eigenvalue weighted by Gasteiger charge is -2.02. The molecule has 6 heteroatoms. The van der Waals surface area contributed by atoms with Gasteiger partial charge in [-0.05, 0) is 24.6 Å². The third-order valence-electron chi connectivity index (χ3n) is 2.34. The number of hydrogen-bond acceptors (Lipinski definition) is 4. The summed E-state index contributed by atoms with van der Waals surface area (Å²) < 4.78 is 28.8. The molecule has 0 aliphatic carbocycles. The molecule has 0 amide bonds. The second-order valence-corrected chi connectivity index (χ2v) is 6.59. The molecule has 0 atom stereocenters. The van der Waals surface area contributed by atoms with Crippen LogP contribution in [0.2, 0.25) is 5.02 Å². The van der Waals surface area contributed by atoms with Crippen molar-refractivity contribution in [3.8, 4) is 0 Å². The van der Waals surface area contributed by atoms with Crippen LogP contribution >= 0.6 is 11.6 Å². The zero-order valence-corrected chi connectivity index (χ0v) is 11.3. The monoisotopic (exact) mass is 285 g/mol. The molecule has 0 bridgehead atoms. The summed E-state index contributed by atoms with van der Waals surface area (Å²) in [6, 6.07) is 8.37. The first-order valence-electron chi connectivity index (χ1n) is 5.32. The fourth-order valence-corrected chi connectivity index (χ4v) is 3.08. The predicted octanol–water partition coefficient (Wildman–Crippen LogP) is 2.75. The van der Waals surface area contributed by atoms with E-state index in [0.29, 0.717) is 22.0 Å². The SMILES string of the molecule is Cc1cc(CS(=O)(=O)Cc2ccc(Cl)cc2)on1. The molecule has 96 valence electrons. The summed E-state index contributed by atoms with van der Waals surface area (Å²) in [5.41, 5.74) is 1.38. The van der Waals surface area contributed by atoms with Gasteiger partial charge in [0.15, 0.2) is 15.6 Å². The summed E-state index contributed by atoms with van der Waals surface area (Å²) in [5, 5.41) is 4.25. The van der Waals surface area contributed by atoms with Crippen LogP contribution in [-0.4, -0.2) is 13.6 Å². The molecule has 2 rings (SSSR count). The Morgan fingerprint density at radius 2 is 1.89 bits per heavy atom. The molecule has 0 saturated carbocycles. The van der Waals surface area contributed by atoms with Gasteiger partial charge < -0.3 is 4.52 Å². The Balaban J connectivity index is 2.10. The molecule has 2 aromatic rings. The summed E-state index contributed by atoms with van der Waals surface area (Å²) in [5.74, 6) is 0.182.